The summed E-state index contributed by atoms with van der Waals surface area (Å²) < 4.78 is 33.6. The van der Waals surface area contributed by atoms with Gasteiger partial charge in [0, 0.05) is 10.0 Å². The highest BCUT2D eigenvalue weighted by Crippen LogP contribution is 2.27. The highest BCUT2D eigenvalue weighted by Gasteiger charge is 2.22. The fourth-order valence-electron chi connectivity index (χ4n) is 1.94. The topological polar surface area (TPSA) is 26.3 Å². The molecule has 0 unspecified atom stereocenters. The fraction of sp³-hybridized carbons (Fsp3) is 0.188. The average Bonchev–Trinajstić information content (AvgIpc) is 2.44. The monoisotopic (exact) mass is 354 g/mol. The lowest BCUT2D eigenvalue weighted by Gasteiger charge is -2.10. The van der Waals surface area contributed by atoms with Gasteiger partial charge in [-0.15, -0.1) is 0 Å². The predicted molar refractivity (Wildman–Crippen MR) is 79.8 cm³/mol. The highest BCUT2D eigenvalue weighted by molar-refractivity contribution is 9.10. The van der Waals surface area contributed by atoms with Crippen molar-refractivity contribution in [3.63, 3.8) is 0 Å². The van der Waals surface area contributed by atoms with E-state index < -0.39 is 23.0 Å². The first-order valence-electron chi connectivity index (χ1n) is 6.37. The third kappa shape index (κ3) is 3.13. The quantitative estimate of drug-likeness (QED) is 0.746. The van der Waals surface area contributed by atoms with Crippen LogP contribution in [-0.2, 0) is 0 Å². The Hall–Kier alpha value is -1.75. The molecule has 0 saturated heterocycles. The van der Waals surface area contributed by atoms with E-state index in [0.717, 1.165) is 6.07 Å². The number of carbonyl (C=O) groups is 1. The van der Waals surface area contributed by atoms with Crippen LogP contribution in [0.4, 0.5) is 8.78 Å². The number of rotatable bonds is 4. The minimum atomic E-state index is -0.871. The summed E-state index contributed by atoms with van der Waals surface area (Å²) in [6.07, 6.45) is 0. The van der Waals surface area contributed by atoms with Crippen LogP contribution in [0, 0.1) is 18.6 Å². The van der Waals surface area contributed by atoms with Crippen LogP contribution in [0.5, 0.6) is 5.75 Å². The van der Waals surface area contributed by atoms with Crippen molar-refractivity contribution in [3.8, 4) is 5.75 Å². The van der Waals surface area contributed by atoms with Gasteiger partial charge in [0.25, 0.3) is 0 Å². The minimum Gasteiger partial charge on any atom is -0.494 e. The summed E-state index contributed by atoms with van der Waals surface area (Å²) in [7, 11) is 0. The van der Waals surface area contributed by atoms with Gasteiger partial charge in [0.1, 0.15) is 17.4 Å². The highest BCUT2D eigenvalue weighted by atomic mass is 79.9. The Bertz CT molecular complexity index is 699. The molecule has 0 atom stereocenters. The van der Waals surface area contributed by atoms with Crippen molar-refractivity contribution in [1.82, 2.24) is 0 Å². The van der Waals surface area contributed by atoms with E-state index in [-0.39, 0.29) is 11.1 Å². The zero-order chi connectivity index (χ0) is 15.6. The first kappa shape index (κ1) is 15.6. The summed E-state index contributed by atoms with van der Waals surface area (Å²) in [5, 5.41) is 0. The number of carbonyl (C=O) groups excluding carboxylic acids is 1. The summed E-state index contributed by atoms with van der Waals surface area (Å²) >= 11 is 3.24. The number of halogens is 3. The molecule has 21 heavy (non-hydrogen) atoms. The molecule has 2 rings (SSSR count). The zero-order valence-electron chi connectivity index (χ0n) is 11.5. The molecule has 0 radical (unpaired) electrons. The smallest absolute Gasteiger partial charge is 0.200 e. The SMILES string of the molecule is CCOc1ccc(C(=O)c2c(F)ccc(C)c2F)c(Br)c1. The number of hydrogen-bond donors (Lipinski definition) is 0. The Morgan fingerprint density at radius 2 is 1.95 bits per heavy atom. The zero-order valence-corrected chi connectivity index (χ0v) is 13.1. The number of ketones is 1. The van der Waals surface area contributed by atoms with E-state index in [0.29, 0.717) is 16.8 Å². The normalized spacial score (nSPS) is 10.5. The minimum absolute atomic E-state index is 0.182. The Labute approximate surface area is 129 Å². The number of hydrogen-bond acceptors (Lipinski definition) is 2. The number of benzene rings is 2. The van der Waals surface area contributed by atoms with Crippen LogP contribution in [0.15, 0.2) is 34.8 Å². The molecular formula is C16H13BrF2O2. The lowest BCUT2D eigenvalue weighted by molar-refractivity contribution is 0.103. The molecular weight excluding hydrogens is 342 g/mol. The van der Waals surface area contributed by atoms with Crippen molar-refractivity contribution in [2.24, 2.45) is 0 Å². The van der Waals surface area contributed by atoms with Gasteiger partial charge in [0.15, 0.2) is 5.78 Å². The average molecular weight is 355 g/mol. The van der Waals surface area contributed by atoms with Crippen molar-refractivity contribution < 1.29 is 18.3 Å². The molecule has 0 bridgehead atoms. The van der Waals surface area contributed by atoms with Crippen LogP contribution in [0.3, 0.4) is 0 Å². The van der Waals surface area contributed by atoms with E-state index in [9.17, 15) is 13.6 Å². The molecule has 2 nitrogen and oxygen atoms in total. The number of ether oxygens (including phenoxy) is 1. The van der Waals surface area contributed by atoms with Crippen LogP contribution in [0.25, 0.3) is 0 Å². The lowest BCUT2D eigenvalue weighted by atomic mass is 10.00. The maximum Gasteiger partial charge on any atom is 0.200 e. The van der Waals surface area contributed by atoms with Crippen molar-refractivity contribution in [2.75, 3.05) is 6.61 Å². The van der Waals surface area contributed by atoms with Gasteiger partial charge in [-0.25, -0.2) is 8.78 Å². The van der Waals surface area contributed by atoms with Crippen molar-refractivity contribution in [1.29, 1.82) is 0 Å². The van der Waals surface area contributed by atoms with Gasteiger partial charge in [-0.1, -0.05) is 6.07 Å². The van der Waals surface area contributed by atoms with Crippen LogP contribution in [0.1, 0.15) is 28.4 Å². The molecule has 0 heterocycles. The molecule has 2 aromatic rings. The summed E-state index contributed by atoms with van der Waals surface area (Å²) in [5.74, 6) is -1.83. The maximum atomic E-state index is 14.0. The third-order valence-corrected chi connectivity index (χ3v) is 3.66. The molecule has 0 aliphatic rings. The van der Waals surface area contributed by atoms with Crippen molar-refractivity contribution >= 4 is 21.7 Å². The Morgan fingerprint density at radius 1 is 1.24 bits per heavy atom. The van der Waals surface area contributed by atoms with Crippen molar-refractivity contribution in [3.05, 3.63) is 63.1 Å². The van der Waals surface area contributed by atoms with Gasteiger partial charge in [-0.3, -0.25) is 4.79 Å². The Kier molecular flexibility index (Phi) is 4.73. The van der Waals surface area contributed by atoms with Crippen LogP contribution in [-0.4, -0.2) is 12.4 Å². The lowest BCUT2D eigenvalue weighted by Crippen LogP contribution is -2.09. The van der Waals surface area contributed by atoms with E-state index in [2.05, 4.69) is 15.9 Å². The van der Waals surface area contributed by atoms with E-state index in [1.807, 2.05) is 6.92 Å². The van der Waals surface area contributed by atoms with E-state index in [4.69, 9.17) is 4.74 Å². The van der Waals surface area contributed by atoms with E-state index in [1.165, 1.54) is 19.1 Å². The molecule has 0 N–H and O–H groups in total. The molecule has 0 spiro atoms. The van der Waals surface area contributed by atoms with Gasteiger partial charge in [0.2, 0.25) is 0 Å². The molecule has 0 aliphatic heterocycles. The van der Waals surface area contributed by atoms with E-state index >= 15 is 0 Å². The molecule has 0 saturated carbocycles. The van der Waals surface area contributed by atoms with Gasteiger partial charge < -0.3 is 4.74 Å². The Morgan fingerprint density at radius 3 is 2.57 bits per heavy atom. The second-order valence-corrected chi connectivity index (χ2v) is 5.31. The van der Waals surface area contributed by atoms with Crippen LogP contribution < -0.4 is 4.74 Å². The van der Waals surface area contributed by atoms with Crippen LogP contribution in [0.2, 0.25) is 0 Å². The predicted octanol–water partition coefficient (Wildman–Crippen LogP) is 4.67. The fourth-order valence-corrected chi connectivity index (χ4v) is 2.47. The molecule has 110 valence electrons. The first-order valence-corrected chi connectivity index (χ1v) is 7.16. The Balaban J connectivity index is 2.48. The van der Waals surface area contributed by atoms with Crippen molar-refractivity contribution in [2.45, 2.75) is 13.8 Å². The molecule has 0 amide bonds. The maximum absolute atomic E-state index is 14.0. The van der Waals surface area contributed by atoms with Gasteiger partial charge in [0.05, 0.1) is 12.2 Å². The molecule has 0 fully saturated rings. The van der Waals surface area contributed by atoms with Crippen LogP contribution >= 0.6 is 15.9 Å². The largest absolute Gasteiger partial charge is 0.494 e. The molecule has 2 aromatic carbocycles. The molecule has 0 aliphatic carbocycles. The van der Waals surface area contributed by atoms with Gasteiger partial charge in [-0.05, 0) is 59.6 Å². The summed E-state index contributed by atoms with van der Waals surface area (Å²) in [5.41, 5.74) is -0.136. The second-order valence-electron chi connectivity index (χ2n) is 4.46. The van der Waals surface area contributed by atoms with E-state index in [1.54, 1.807) is 12.1 Å². The summed E-state index contributed by atoms with van der Waals surface area (Å²) in [6.45, 7) is 3.81. The first-order chi connectivity index (χ1) is 9.95. The molecule has 0 aromatic heterocycles. The number of aryl methyl sites for hydroxylation is 1. The standard InChI is InChI=1S/C16H13BrF2O2/c1-3-21-10-5-6-11(12(17)8-10)16(20)14-13(18)7-4-9(2)15(14)19/h4-8H,3H2,1-2H3. The third-order valence-electron chi connectivity index (χ3n) is 3.01. The second kappa shape index (κ2) is 6.35. The summed E-state index contributed by atoms with van der Waals surface area (Å²) in [4.78, 5) is 12.4. The van der Waals surface area contributed by atoms with Gasteiger partial charge >= 0.3 is 0 Å². The summed E-state index contributed by atoms with van der Waals surface area (Å²) in [6, 6.07) is 7.07. The van der Waals surface area contributed by atoms with Gasteiger partial charge in [-0.2, -0.15) is 0 Å². The molecule has 5 heteroatoms.